The first-order valence-corrected chi connectivity index (χ1v) is 7.01. The maximum absolute atomic E-state index is 13.0. The number of carbonyl (C=O) groups excluding carboxylic acids is 1. The topological polar surface area (TPSA) is 32.7 Å². The van der Waals surface area contributed by atoms with E-state index in [4.69, 9.17) is 11.6 Å². The van der Waals surface area contributed by atoms with Crippen LogP contribution in [-0.4, -0.2) is 34.9 Å². The molecule has 1 aliphatic heterocycles. The summed E-state index contributed by atoms with van der Waals surface area (Å²) in [5.74, 6) is 0.150. The number of thioether (sulfide) groups is 1. The maximum atomic E-state index is 13.0. The van der Waals surface area contributed by atoms with Crippen LogP contribution in [0.25, 0.3) is 0 Å². The van der Waals surface area contributed by atoms with Crippen LogP contribution in [0, 0.1) is 5.82 Å². The molecule has 0 saturated carbocycles. The molecule has 1 aromatic rings. The van der Waals surface area contributed by atoms with E-state index in [9.17, 15) is 9.18 Å². The molecule has 0 radical (unpaired) electrons. The average Bonchev–Trinajstić information content (AvgIpc) is 2.84. The highest BCUT2D eigenvalue weighted by atomic mass is 35.5. The summed E-state index contributed by atoms with van der Waals surface area (Å²) in [6, 6.07) is 6.41. The van der Waals surface area contributed by atoms with Gasteiger partial charge >= 0.3 is 0 Å². The van der Waals surface area contributed by atoms with Gasteiger partial charge in [-0.15, -0.1) is 11.6 Å². The van der Waals surface area contributed by atoms with Gasteiger partial charge in [-0.3, -0.25) is 14.7 Å². The van der Waals surface area contributed by atoms with Crippen molar-refractivity contribution in [2.24, 2.45) is 4.99 Å². The lowest BCUT2D eigenvalue weighted by molar-refractivity contribution is -0.124. The molecule has 1 aliphatic rings. The maximum Gasteiger partial charge on any atom is 0.243 e. The summed E-state index contributed by atoms with van der Waals surface area (Å²) in [6.07, 6.45) is 0. The largest absolute Gasteiger partial charge is 0.289 e. The van der Waals surface area contributed by atoms with Crippen LogP contribution in [0.15, 0.2) is 29.3 Å². The average molecular weight is 287 g/mol. The van der Waals surface area contributed by atoms with Crippen molar-refractivity contribution >= 4 is 34.4 Å². The standard InChI is InChI=1S/C12H12ClFN2OS/c13-7-11(17)16-5-4-15-12(16)18-8-9-2-1-3-10(14)6-9/h1-3,6H,4-5,7-8H2. The molecule has 96 valence electrons. The monoisotopic (exact) mass is 286 g/mol. The zero-order valence-corrected chi connectivity index (χ0v) is 11.2. The van der Waals surface area contributed by atoms with Crippen LogP contribution in [0.2, 0.25) is 0 Å². The number of hydrogen-bond acceptors (Lipinski definition) is 3. The first kappa shape index (κ1) is 13.4. The summed E-state index contributed by atoms with van der Waals surface area (Å²) in [4.78, 5) is 17.4. The number of alkyl halides is 1. The SMILES string of the molecule is O=C(CCl)N1CCN=C1SCc1cccc(F)c1. The van der Waals surface area contributed by atoms with E-state index in [-0.39, 0.29) is 17.6 Å². The Morgan fingerprint density at radius 1 is 1.56 bits per heavy atom. The van der Waals surface area contributed by atoms with Crippen LogP contribution >= 0.6 is 23.4 Å². The number of rotatable bonds is 3. The third kappa shape index (κ3) is 3.23. The summed E-state index contributed by atoms with van der Waals surface area (Å²) in [6.45, 7) is 1.19. The smallest absolute Gasteiger partial charge is 0.243 e. The Labute approximate surface area is 114 Å². The Morgan fingerprint density at radius 3 is 3.11 bits per heavy atom. The van der Waals surface area contributed by atoms with Gasteiger partial charge in [-0.25, -0.2) is 4.39 Å². The Balaban J connectivity index is 1.96. The molecule has 0 saturated heterocycles. The number of amidine groups is 1. The number of aliphatic imine (C=N–C) groups is 1. The quantitative estimate of drug-likeness (QED) is 0.800. The molecule has 1 amide bonds. The second-order valence-corrected chi connectivity index (χ2v) is 4.97. The van der Waals surface area contributed by atoms with Crippen molar-refractivity contribution in [3.63, 3.8) is 0 Å². The van der Waals surface area contributed by atoms with Gasteiger partial charge in [0.15, 0.2) is 5.17 Å². The van der Waals surface area contributed by atoms with E-state index in [1.807, 2.05) is 6.07 Å². The zero-order valence-electron chi connectivity index (χ0n) is 9.60. The third-order valence-corrected chi connectivity index (χ3v) is 3.79. The molecule has 18 heavy (non-hydrogen) atoms. The number of nitrogens with zero attached hydrogens (tertiary/aromatic N) is 2. The van der Waals surface area contributed by atoms with Crippen LogP contribution in [0.4, 0.5) is 4.39 Å². The van der Waals surface area contributed by atoms with E-state index in [1.165, 1.54) is 23.9 Å². The predicted molar refractivity (Wildman–Crippen MR) is 72.4 cm³/mol. The van der Waals surface area contributed by atoms with E-state index in [1.54, 1.807) is 11.0 Å². The van der Waals surface area contributed by atoms with Crippen LogP contribution in [0.3, 0.4) is 0 Å². The van der Waals surface area contributed by atoms with Crippen LogP contribution in [0.1, 0.15) is 5.56 Å². The molecular weight excluding hydrogens is 275 g/mol. The van der Waals surface area contributed by atoms with Crippen molar-refractivity contribution in [2.45, 2.75) is 5.75 Å². The summed E-state index contributed by atoms with van der Waals surface area (Å²) in [5, 5.41) is 0.671. The molecule has 0 aromatic heterocycles. The second-order valence-electron chi connectivity index (χ2n) is 3.76. The van der Waals surface area contributed by atoms with Crippen LogP contribution in [-0.2, 0) is 10.5 Å². The number of halogens is 2. The van der Waals surface area contributed by atoms with Crippen molar-refractivity contribution in [3.8, 4) is 0 Å². The van der Waals surface area contributed by atoms with Gasteiger partial charge in [0.2, 0.25) is 5.91 Å². The van der Waals surface area contributed by atoms with Gasteiger partial charge in [-0.05, 0) is 17.7 Å². The van der Waals surface area contributed by atoms with Crippen molar-refractivity contribution in [1.29, 1.82) is 0 Å². The van der Waals surface area contributed by atoms with Gasteiger partial charge in [-0.2, -0.15) is 0 Å². The molecule has 2 rings (SSSR count). The number of amides is 1. The van der Waals surface area contributed by atoms with Gasteiger partial charge < -0.3 is 0 Å². The summed E-state index contributed by atoms with van der Waals surface area (Å²) in [7, 11) is 0. The van der Waals surface area contributed by atoms with E-state index < -0.39 is 0 Å². The molecule has 1 aromatic carbocycles. The number of carbonyl (C=O) groups is 1. The van der Waals surface area contributed by atoms with E-state index in [0.29, 0.717) is 24.0 Å². The van der Waals surface area contributed by atoms with E-state index in [0.717, 1.165) is 5.56 Å². The molecule has 0 spiro atoms. The Kier molecular flexibility index (Phi) is 4.60. The van der Waals surface area contributed by atoms with E-state index >= 15 is 0 Å². The van der Waals surface area contributed by atoms with Crippen LogP contribution < -0.4 is 0 Å². The lowest BCUT2D eigenvalue weighted by atomic mass is 10.2. The minimum absolute atomic E-state index is 0.0421. The first-order chi connectivity index (χ1) is 8.70. The molecule has 1 heterocycles. The third-order valence-electron chi connectivity index (χ3n) is 2.47. The first-order valence-electron chi connectivity index (χ1n) is 5.48. The fourth-order valence-corrected chi connectivity index (χ4v) is 2.78. The Bertz CT molecular complexity index is 481. The van der Waals surface area contributed by atoms with Crippen molar-refractivity contribution < 1.29 is 9.18 Å². The highest BCUT2D eigenvalue weighted by Crippen LogP contribution is 2.20. The fraction of sp³-hybridized carbons (Fsp3) is 0.333. The second kappa shape index (κ2) is 6.20. The van der Waals surface area contributed by atoms with E-state index in [2.05, 4.69) is 4.99 Å². The highest BCUT2D eigenvalue weighted by molar-refractivity contribution is 8.13. The zero-order chi connectivity index (χ0) is 13.0. The minimum atomic E-state index is -0.254. The molecule has 3 nitrogen and oxygen atoms in total. The lowest BCUT2D eigenvalue weighted by Gasteiger charge is -2.16. The highest BCUT2D eigenvalue weighted by Gasteiger charge is 2.22. The molecule has 0 N–H and O–H groups in total. The van der Waals surface area contributed by atoms with Gasteiger partial charge in [0.25, 0.3) is 0 Å². The Hall–Kier alpha value is -1.07. The van der Waals surface area contributed by atoms with Crippen molar-refractivity contribution in [3.05, 3.63) is 35.6 Å². The predicted octanol–water partition coefficient (Wildman–Crippen LogP) is 2.50. The molecule has 0 bridgehead atoms. The number of benzene rings is 1. The molecule has 6 heteroatoms. The van der Waals surface area contributed by atoms with Gasteiger partial charge in [0, 0.05) is 12.3 Å². The number of hydrogen-bond donors (Lipinski definition) is 0. The normalized spacial score (nSPS) is 14.8. The molecule has 0 aliphatic carbocycles. The molecular formula is C12H12ClFN2OS. The van der Waals surface area contributed by atoms with Crippen molar-refractivity contribution in [1.82, 2.24) is 4.90 Å². The van der Waals surface area contributed by atoms with Gasteiger partial charge in [-0.1, -0.05) is 23.9 Å². The fourth-order valence-electron chi connectivity index (χ4n) is 1.63. The van der Waals surface area contributed by atoms with Gasteiger partial charge in [0.05, 0.1) is 6.54 Å². The lowest BCUT2D eigenvalue weighted by Crippen LogP contribution is -2.33. The minimum Gasteiger partial charge on any atom is -0.289 e. The summed E-state index contributed by atoms with van der Waals surface area (Å²) in [5.41, 5.74) is 0.868. The summed E-state index contributed by atoms with van der Waals surface area (Å²) >= 11 is 6.96. The van der Waals surface area contributed by atoms with Crippen molar-refractivity contribution in [2.75, 3.05) is 19.0 Å². The summed E-state index contributed by atoms with van der Waals surface area (Å²) < 4.78 is 13.0. The molecule has 0 atom stereocenters. The Morgan fingerprint density at radius 2 is 2.39 bits per heavy atom. The molecule has 0 fully saturated rings. The molecule has 0 unspecified atom stereocenters. The van der Waals surface area contributed by atoms with Gasteiger partial charge in [0.1, 0.15) is 11.7 Å². The van der Waals surface area contributed by atoms with Crippen LogP contribution in [0.5, 0.6) is 0 Å².